The van der Waals surface area contributed by atoms with Gasteiger partial charge in [0.15, 0.2) is 5.54 Å². The minimum Gasteiger partial charge on any atom is -0.324 e. The van der Waals surface area contributed by atoms with Gasteiger partial charge in [0.1, 0.15) is 6.04 Å². The summed E-state index contributed by atoms with van der Waals surface area (Å²) in [6.45, 7) is 3.47. The number of urea groups is 1. The van der Waals surface area contributed by atoms with Crippen LogP contribution in [-0.2, 0) is 15.1 Å². The van der Waals surface area contributed by atoms with Crippen molar-refractivity contribution in [3.8, 4) is 0 Å². The Morgan fingerprint density at radius 2 is 1.48 bits per heavy atom. The SMILES string of the molecule is Cc1cccc(NC(=O)[C@H](C)N2C(=O)NC(c3ccccc3)(c3ccccc3)C2=O)c1. The van der Waals surface area contributed by atoms with E-state index in [2.05, 4.69) is 10.6 Å². The lowest BCUT2D eigenvalue weighted by Gasteiger charge is -2.29. The first-order valence-electron chi connectivity index (χ1n) is 10.1. The van der Waals surface area contributed by atoms with Crippen molar-refractivity contribution in [2.45, 2.75) is 25.4 Å². The number of rotatable bonds is 5. The van der Waals surface area contributed by atoms with E-state index in [1.807, 2.05) is 61.5 Å². The summed E-state index contributed by atoms with van der Waals surface area (Å²) in [7, 11) is 0. The normalized spacial score (nSPS) is 16.0. The monoisotopic (exact) mass is 413 g/mol. The summed E-state index contributed by atoms with van der Waals surface area (Å²) in [5.74, 6) is -0.923. The van der Waals surface area contributed by atoms with E-state index in [1.165, 1.54) is 0 Å². The number of carbonyl (C=O) groups excluding carboxylic acids is 3. The third-order valence-corrected chi connectivity index (χ3v) is 5.52. The maximum absolute atomic E-state index is 13.8. The van der Waals surface area contributed by atoms with Crippen LogP contribution >= 0.6 is 0 Å². The summed E-state index contributed by atoms with van der Waals surface area (Å²) >= 11 is 0. The van der Waals surface area contributed by atoms with Crippen molar-refractivity contribution in [3.05, 3.63) is 102 Å². The van der Waals surface area contributed by atoms with Crippen LogP contribution in [0.25, 0.3) is 0 Å². The van der Waals surface area contributed by atoms with Gasteiger partial charge in [-0.2, -0.15) is 0 Å². The predicted molar refractivity (Wildman–Crippen MR) is 118 cm³/mol. The summed E-state index contributed by atoms with van der Waals surface area (Å²) in [5, 5.41) is 5.66. The molecule has 1 heterocycles. The lowest BCUT2D eigenvalue weighted by Crippen LogP contribution is -2.48. The fourth-order valence-electron chi connectivity index (χ4n) is 3.92. The first-order valence-corrected chi connectivity index (χ1v) is 10.1. The second kappa shape index (κ2) is 8.07. The summed E-state index contributed by atoms with van der Waals surface area (Å²) in [6.07, 6.45) is 0. The van der Waals surface area contributed by atoms with Crippen molar-refractivity contribution in [1.82, 2.24) is 10.2 Å². The number of benzene rings is 3. The molecule has 156 valence electrons. The average molecular weight is 413 g/mol. The zero-order valence-corrected chi connectivity index (χ0v) is 17.3. The van der Waals surface area contributed by atoms with Crippen LogP contribution in [0.2, 0.25) is 0 Å². The zero-order chi connectivity index (χ0) is 22.0. The number of carbonyl (C=O) groups is 3. The highest BCUT2D eigenvalue weighted by molar-refractivity contribution is 6.13. The molecule has 0 aromatic heterocycles. The molecule has 1 aliphatic rings. The third-order valence-electron chi connectivity index (χ3n) is 5.52. The number of nitrogens with zero attached hydrogens (tertiary/aromatic N) is 1. The van der Waals surface area contributed by atoms with Gasteiger partial charge in [-0.15, -0.1) is 0 Å². The van der Waals surface area contributed by atoms with Crippen LogP contribution in [0.3, 0.4) is 0 Å². The van der Waals surface area contributed by atoms with Crippen molar-refractivity contribution in [2.75, 3.05) is 5.32 Å². The molecule has 3 aromatic rings. The molecule has 1 saturated heterocycles. The van der Waals surface area contributed by atoms with Crippen molar-refractivity contribution in [1.29, 1.82) is 0 Å². The molecule has 4 rings (SSSR count). The van der Waals surface area contributed by atoms with Crippen LogP contribution in [0, 0.1) is 6.92 Å². The number of hydrogen-bond acceptors (Lipinski definition) is 3. The molecule has 3 aromatic carbocycles. The Kier molecular flexibility index (Phi) is 5.29. The minimum atomic E-state index is -1.39. The fourth-order valence-corrected chi connectivity index (χ4v) is 3.92. The zero-order valence-electron chi connectivity index (χ0n) is 17.3. The largest absolute Gasteiger partial charge is 0.326 e. The Balaban J connectivity index is 1.70. The topological polar surface area (TPSA) is 78.5 Å². The van der Waals surface area contributed by atoms with Gasteiger partial charge in [-0.25, -0.2) is 9.69 Å². The van der Waals surface area contributed by atoms with Gasteiger partial charge in [0.2, 0.25) is 5.91 Å². The summed E-state index contributed by atoms with van der Waals surface area (Å²) in [6, 6.07) is 23.9. The summed E-state index contributed by atoms with van der Waals surface area (Å²) in [5.41, 5.74) is 1.48. The first-order chi connectivity index (χ1) is 14.9. The highest BCUT2D eigenvalue weighted by Gasteiger charge is 2.55. The molecule has 0 aliphatic carbocycles. The van der Waals surface area contributed by atoms with Gasteiger partial charge >= 0.3 is 6.03 Å². The lowest BCUT2D eigenvalue weighted by atomic mass is 9.82. The van der Waals surface area contributed by atoms with Gasteiger partial charge in [0, 0.05) is 5.69 Å². The molecule has 0 unspecified atom stereocenters. The van der Waals surface area contributed by atoms with Gasteiger partial charge in [-0.1, -0.05) is 72.8 Å². The van der Waals surface area contributed by atoms with Gasteiger partial charge in [0.25, 0.3) is 5.91 Å². The Morgan fingerprint density at radius 3 is 2.03 bits per heavy atom. The van der Waals surface area contributed by atoms with Crippen LogP contribution < -0.4 is 10.6 Å². The van der Waals surface area contributed by atoms with E-state index in [0.717, 1.165) is 10.5 Å². The van der Waals surface area contributed by atoms with E-state index in [4.69, 9.17) is 0 Å². The molecule has 4 amide bonds. The molecular formula is C25H23N3O3. The smallest absolute Gasteiger partial charge is 0.324 e. The number of nitrogens with one attached hydrogen (secondary N) is 2. The predicted octanol–water partition coefficient (Wildman–Crippen LogP) is 3.82. The Labute approximate surface area is 180 Å². The van der Waals surface area contributed by atoms with Crippen LogP contribution in [-0.4, -0.2) is 28.8 Å². The first kappa shape index (κ1) is 20.3. The number of hydrogen-bond donors (Lipinski definition) is 2. The van der Waals surface area contributed by atoms with E-state index in [-0.39, 0.29) is 0 Å². The molecule has 1 fully saturated rings. The van der Waals surface area contributed by atoms with Crippen molar-refractivity contribution >= 4 is 23.5 Å². The third kappa shape index (κ3) is 3.57. The molecular weight excluding hydrogens is 390 g/mol. The molecule has 1 atom stereocenters. The highest BCUT2D eigenvalue weighted by atomic mass is 16.2. The Hall–Kier alpha value is -3.93. The summed E-state index contributed by atoms with van der Waals surface area (Å²) in [4.78, 5) is 40.7. The van der Waals surface area contributed by atoms with Crippen molar-refractivity contribution < 1.29 is 14.4 Å². The number of amides is 4. The maximum Gasteiger partial charge on any atom is 0.326 e. The lowest BCUT2D eigenvalue weighted by molar-refractivity contribution is -0.135. The molecule has 1 aliphatic heterocycles. The molecule has 0 radical (unpaired) electrons. The van der Waals surface area contributed by atoms with Gasteiger partial charge in [-0.05, 0) is 42.7 Å². The highest BCUT2D eigenvalue weighted by Crippen LogP contribution is 2.36. The molecule has 0 saturated carbocycles. The van der Waals surface area contributed by atoms with E-state index in [0.29, 0.717) is 16.8 Å². The van der Waals surface area contributed by atoms with Crippen LogP contribution in [0.4, 0.5) is 10.5 Å². The van der Waals surface area contributed by atoms with Crippen LogP contribution in [0.5, 0.6) is 0 Å². The van der Waals surface area contributed by atoms with Gasteiger partial charge in [-0.3, -0.25) is 9.59 Å². The van der Waals surface area contributed by atoms with Gasteiger partial charge < -0.3 is 10.6 Å². The molecule has 0 spiro atoms. The number of aryl methyl sites for hydroxylation is 1. The Bertz CT molecular complexity index is 1090. The minimum absolute atomic E-state index is 0.439. The average Bonchev–Trinajstić information content (AvgIpc) is 3.05. The number of anilines is 1. The number of imide groups is 1. The molecule has 6 nitrogen and oxygen atoms in total. The fraction of sp³-hybridized carbons (Fsp3) is 0.160. The molecule has 31 heavy (non-hydrogen) atoms. The van der Waals surface area contributed by atoms with E-state index in [1.54, 1.807) is 37.3 Å². The van der Waals surface area contributed by atoms with Gasteiger partial charge in [0.05, 0.1) is 0 Å². The quantitative estimate of drug-likeness (QED) is 0.624. The van der Waals surface area contributed by atoms with Crippen molar-refractivity contribution in [3.63, 3.8) is 0 Å². The van der Waals surface area contributed by atoms with E-state index >= 15 is 0 Å². The second-order valence-electron chi connectivity index (χ2n) is 7.62. The van der Waals surface area contributed by atoms with Crippen LogP contribution in [0.1, 0.15) is 23.6 Å². The maximum atomic E-state index is 13.8. The summed E-state index contributed by atoms with van der Waals surface area (Å²) < 4.78 is 0. The molecule has 6 heteroatoms. The van der Waals surface area contributed by atoms with Crippen LogP contribution in [0.15, 0.2) is 84.9 Å². The molecule has 0 bridgehead atoms. The van der Waals surface area contributed by atoms with E-state index < -0.39 is 29.4 Å². The van der Waals surface area contributed by atoms with E-state index in [9.17, 15) is 14.4 Å². The standard InChI is InChI=1S/C25H23N3O3/c1-17-10-9-15-21(16-17)26-22(29)18(2)28-23(30)25(27-24(28)31,19-11-5-3-6-12-19)20-13-7-4-8-14-20/h3-16,18H,1-2H3,(H,26,29)(H,27,31)/t18-/m0/s1. The molecule has 2 N–H and O–H groups in total. The Morgan fingerprint density at radius 1 is 0.903 bits per heavy atom. The van der Waals surface area contributed by atoms with Crippen molar-refractivity contribution in [2.24, 2.45) is 0 Å². The second-order valence-corrected chi connectivity index (χ2v) is 7.62.